The Balaban J connectivity index is 3.46. The summed E-state index contributed by atoms with van der Waals surface area (Å²) in [6, 6.07) is -0.000370. The van der Waals surface area contributed by atoms with Gasteiger partial charge in [0.25, 0.3) is 0 Å². The molecule has 0 spiro atoms. The van der Waals surface area contributed by atoms with Crippen molar-refractivity contribution in [1.29, 1.82) is 0 Å². The summed E-state index contributed by atoms with van der Waals surface area (Å²) in [4.78, 5) is 0. The molecular weight excluding hydrogens is 240 g/mol. The lowest BCUT2D eigenvalue weighted by atomic mass is 10.1. The van der Waals surface area contributed by atoms with Gasteiger partial charge in [-0.05, 0) is 12.1 Å². The molecule has 0 atom stereocenters. The van der Waals surface area contributed by atoms with Crippen molar-refractivity contribution in [3.8, 4) is 5.75 Å². The van der Waals surface area contributed by atoms with E-state index in [1.165, 1.54) is 0 Å². The molecule has 90 valence electrons. The Hall–Kier alpha value is -1.60. The van der Waals surface area contributed by atoms with Crippen LogP contribution < -0.4 is 5.73 Å². The summed E-state index contributed by atoms with van der Waals surface area (Å²) in [6.45, 7) is 0. The number of nitrogen functional groups attached to an aromatic ring is 1. The zero-order valence-electron chi connectivity index (χ0n) is 7.45. The molecule has 0 unspecified atom stereocenters. The van der Waals surface area contributed by atoms with Crippen molar-refractivity contribution in [2.45, 2.75) is 12.4 Å². The molecule has 0 amide bonds. The lowest BCUT2D eigenvalue weighted by Gasteiger charge is -2.14. The molecule has 0 radical (unpaired) electrons. The molecule has 0 aliphatic rings. The highest BCUT2D eigenvalue weighted by Crippen LogP contribution is 2.42. The highest BCUT2D eigenvalue weighted by molar-refractivity contribution is 5.60. The summed E-state index contributed by atoms with van der Waals surface area (Å²) in [6.07, 6.45) is -10.0. The smallest absolute Gasteiger partial charge is 0.418 e. The predicted molar refractivity (Wildman–Crippen MR) is 42.5 cm³/mol. The molecule has 1 aromatic carbocycles. The molecule has 0 saturated carbocycles. The van der Waals surface area contributed by atoms with Crippen LogP contribution >= 0.6 is 0 Å². The van der Waals surface area contributed by atoms with E-state index in [-0.39, 0.29) is 12.1 Å². The third-order valence-corrected chi connectivity index (χ3v) is 1.79. The Morgan fingerprint density at radius 1 is 0.938 bits per heavy atom. The lowest BCUT2D eigenvalue weighted by molar-refractivity contribution is -0.142. The van der Waals surface area contributed by atoms with Gasteiger partial charge in [0.15, 0.2) is 0 Å². The van der Waals surface area contributed by atoms with Gasteiger partial charge in [0, 0.05) is 0 Å². The van der Waals surface area contributed by atoms with E-state index in [1.54, 1.807) is 0 Å². The van der Waals surface area contributed by atoms with Crippen LogP contribution in [-0.4, -0.2) is 5.11 Å². The summed E-state index contributed by atoms with van der Waals surface area (Å²) >= 11 is 0. The largest absolute Gasteiger partial charge is 0.506 e. The fourth-order valence-electron chi connectivity index (χ4n) is 1.04. The minimum Gasteiger partial charge on any atom is -0.506 e. The Kier molecular flexibility index (Phi) is 2.70. The maximum Gasteiger partial charge on any atom is 0.418 e. The second-order valence-electron chi connectivity index (χ2n) is 2.95. The van der Waals surface area contributed by atoms with E-state index >= 15 is 0 Å². The first-order chi connectivity index (χ1) is 7.03. The normalized spacial score (nSPS) is 12.9. The number of nitrogens with two attached hydrogens (primary N) is 1. The number of rotatable bonds is 0. The van der Waals surface area contributed by atoms with E-state index in [1.807, 2.05) is 0 Å². The van der Waals surface area contributed by atoms with Crippen molar-refractivity contribution in [3.05, 3.63) is 23.3 Å². The van der Waals surface area contributed by atoms with Gasteiger partial charge in [0.05, 0.1) is 16.8 Å². The number of aromatic hydroxyl groups is 1. The first-order valence-corrected chi connectivity index (χ1v) is 3.80. The second-order valence-corrected chi connectivity index (χ2v) is 2.95. The average Bonchev–Trinajstić information content (AvgIpc) is 2.05. The number of hydrogen-bond donors (Lipinski definition) is 2. The highest BCUT2D eigenvalue weighted by Gasteiger charge is 2.39. The molecule has 0 fully saturated rings. The monoisotopic (exact) mass is 245 g/mol. The zero-order valence-corrected chi connectivity index (χ0v) is 7.45. The van der Waals surface area contributed by atoms with Gasteiger partial charge in [-0.15, -0.1) is 0 Å². The van der Waals surface area contributed by atoms with Crippen LogP contribution in [-0.2, 0) is 12.4 Å². The maximum absolute atomic E-state index is 12.2. The van der Waals surface area contributed by atoms with Crippen LogP contribution in [0.1, 0.15) is 11.1 Å². The standard InChI is InChI=1S/C8H5F6NO/c9-7(10,11)3-1-4(8(12,13)14)6(15)5(16)2-3/h1-2,16H,15H2. The summed E-state index contributed by atoms with van der Waals surface area (Å²) in [7, 11) is 0. The lowest BCUT2D eigenvalue weighted by Crippen LogP contribution is -2.13. The molecule has 0 aliphatic carbocycles. The van der Waals surface area contributed by atoms with Crippen LogP contribution in [0, 0.1) is 0 Å². The first kappa shape index (κ1) is 12.5. The van der Waals surface area contributed by atoms with E-state index in [0.717, 1.165) is 0 Å². The van der Waals surface area contributed by atoms with Crippen LogP contribution in [0.3, 0.4) is 0 Å². The predicted octanol–water partition coefficient (Wildman–Crippen LogP) is 3.01. The quantitative estimate of drug-likeness (QED) is 0.419. The fraction of sp³-hybridized carbons (Fsp3) is 0.250. The van der Waals surface area contributed by atoms with E-state index in [9.17, 15) is 26.3 Å². The van der Waals surface area contributed by atoms with Crippen LogP contribution in [0.25, 0.3) is 0 Å². The molecule has 0 bridgehead atoms. The summed E-state index contributed by atoms with van der Waals surface area (Å²) in [5, 5.41) is 8.88. The van der Waals surface area contributed by atoms with Gasteiger partial charge in [-0.3, -0.25) is 0 Å². The third kappa shape index (κ3) is 2.31. The average molecular weight is 245 g/mol. The maximum atomic E-state index is 12.2. The van der Waals surface area contributed by atoms with E-state index in [4.69, 9.17) is 10.8 Å². The van der Waals surface area contributed by atoms with Crippen molar-refractivity contribution < 1.29 is 31.4 Å². The molecule has 0 saturated heterocycles. The van der Waals surface area contributed by atoms with Crippen molar-refractivity contribution >= 4 is 5.69 Å². The second kappa shape index (κ2) is 3.46. The van der Waals surface area contributed by atoms with Crippen LogP contribution in [0.5, 0.6) is 5.75 Å². The molecule has 0 aromatic heterocycles. The molecule has 0 aliphatic heterocycles. The number of hydrogen-bond acceptors (Lipinski definition) is 2. The number of phenols is 1. The zero-order chi connectivity index (χ0) is 12.7. The van der Waals surface area contributed by atoms with Gasteiger partial charge in [-0.1, -0.05) is 0 Å². The summed E-state index contributed by atoms with van der Waals surface area (Å²) < 4.78 is 73.2. The Bertz CT molecular complexity index is 408. The molecule has 2 nitrogen and oxygen atoms in total. The van der Waals surface area contributed by atoms with Crippen molar-refractivity contribution in [1.82, 2.24) is 0 Å². The van der Waals surface area contributed by atoms with E-state index in [2.05, 4.69) is 0 Å². The summed E-state index contributed by atoms with van der Waals surface area (Å²) in [5.74, 6) is -1.25. The molecule has 16 heavy (non-hydrogen) atoms. The highest BCUT2D eigenvalue weighted by atomic mass is 19.4. The SMILES string of the molecule is Nc1c(O)cc(C(F)(F)F)cc1C(F)(F)F. The molecule has 8 heteroatoms. The number of alkyl halides is 6. The summed E-state index contributed by atoms with van der Waals surface area (Å²) in [5.41, 5.74) is 0.405. The number of benzene rings is 1. The molecule has 0 heterocycles. The van der Waals surface area contributed by atoms with E-state index < -0.39 is 34.9 Å². The Labute approximate surface area is 85.3 Å². The van der Waals surface area contributed by atoms with Gasteiger partial charge in [-0.2, -0.15) is 26.3 Å². The van der Waals surface area contributed by atoms with Gasteiger partial charge in [-0.25, -0.2) is 0 Å². The van der Waals surface area contributed by atoms with Gasteiger partial charge in [0.2, 0.25) is 0 Å². The number of halogens is 6. The molecule has 3 N–H and O–H groups in total. The van der Waals surface area contributed by atoms with Gasteiger partial charge < -0.3 is 10.8 Å². The van der Waals surface area contributed by atoms with E-state index in [0.29, 0.717) is 0 Å². The topological polar surface area (TPSA) is 46.2 Å². The molecular formula is C8H5F6NO. The fourth-order valence-corrected chi connectivity index (χ4v) is 1.04. The van der Waals surface area contributed by atoms with Crippen molar-refractivity contribution in [2.75, 3.05) is 5.73 Å². The van der Waals surface area contributed by atoms with Gasteiger partial charge >= 0.3 is 12.4 Å². The molecule has 1 aromatic rings. The Morgan fingerprint density at radius 3 is 1.81 bits per heavy atom. The molecule has 1 rings (SSSR count). The number of anilines is 1. The van der Waals surface area contributed by atoms with Crippen molar-refractivity contribution in [2.24, 2.45) is 0 Å². The van der Waals surface area contributed by atoms with Crippen molar-refractivity contribution in [3.63, 3.8) is 0 Å². The first-order valence-electron chi connectivity index (χ1n) is 3.80. The minimum absolute atomic E-state index is 0.143. The Morgan fingerprint density at radius 2 is 1.44 bits per heavy atom. The van der Waals surface area contributed by atoms with Crippen LogP contribution in [0.15, 0.2) is 12.1 Å². The minimum atomic E-state index is -5.05. The van der Waals surface area contributed by atoms with Crippen LogP contribution in [0.2, 0.25) is 0 Å². The third-order valence-electron chi connectivity index (χ3n) is 1.79. The van der Waals surface area contributed by atoms with Crippen LogP contribution in [0.4, 0.5) is 32.0 Å². The van der Waals surface area contributed by atoms with Gasteiger partial charge in [0.1, 0.15) is 5.75 Å². The number of phenolic OH excluding ortho intramolecular Hbond substituents is 1.